The highest BCUT2D eigenvalue weighted by atomic mass is 16.6. The highest BCUT2D eigenvalue weighted by Gasteiger charge is 2.20. The van der Waals surface area contributed by atoms with E-state index in [2.05, 4.69) is 10.4 Å². The molecule has 0 fully saturated rings. The van der Waals surface area contributed by atoms with Crippen molar-refractivity contribution in [2.75, 3.05) is 0 Å². The number of benzene rings is 2. The molecule has 0 aliphatic heterocycles. The number of hydrogen-bond donors (Lipinski definition) is 1. The first-order valence-corrected chi connectivity index (χ1v) is 8.60. The number of nitrogens with zero attached hydrogens (tertiary/aromatic N) is 4. The number of nitro groups is 2. The molecule has 148 valence electrons. The van der Waals surface area contributed by atoms with Gasteiger partial charge in [-0.3, -0.25) is 25.0 Å². The standard InChI is InChI=1S/C19H17N5O5/c1-12-18(13(2)22(21-12)15-6-4-3-5-7-15)11-20-19(25)14-8-16(23(26)27)10-17(9-14)24(28)29/h3-10H,11H2,1-2H3,(H,20,25). The number of amides is 1. The molecule has 10 heteroatoms. The lowest BCUT2D eigenvalue weighted by atomic mass is 10.1. The van der Waals surface area contributed by atoms with Crippen molar-refractivity contribution >= 4 is 17.3 Å². The summed E-state index contributed by atoms with van der Waals surface area (Å²) in [4.78, 5) is 32.9. The van der Waals surface area contributed by atoms with Crippen molar-refractivity contribution in [3.63, 3.8) is 0 Å². The Hall–Kier alpha value is -4.08. The molecule has 3 rings (SSSR count). The second-order valence-corrected chi connectivity index (χ2v) is 6.33. The van der Waals surface area contributed by atoms with Gasteiger partial charge in [0, 0.05) is 29.9 Å². The normalized spacial score (nSPS) is 10.6. The lowest BCUT2D eigenvalue weighted by Crippen LogP contribution is -2.23. The van der Waals surface area contributed by atoms with Crippen LogP contribution in [0, 0.1) is 34.1 Å². The first-order valence-electron chi connectivity index (χ1n) is 8.60. The smallest absolute Gasteiger partial charge is 0.277 e. The van der Waals surface area contributed by atoms with Gasteiger partial charge in [0.2, 0.25) is 0 Å². The zero-order valence-corrected chi connectivity index (χ0v) is 15.7. The first-order chi connectivity index (χ1) is 13.8. The molecule has 1 heterocycles. The van der Waals surface area contributed by atoms with Crippen LogP contribution in [0.4, 0.5) is 11.4 Å². The molecule has 0 saturated carbocycles. The molecule has 0 atom stereocenters. The van der Waals surface area contributed by atoms with Crippen LogP contribution in [0.2, 0.25) is 0 Å². The summed E-state index contributed by atoms with van der Waals surface area (Å²) in [6, 6.07) is 12.3. The number of rotatable bonds is 6. The van der Waals surface area contributed by atoms with Crippen LogP contribution >= 0.6 is 0 Å². The van der Waals surface area contributed by atoms with Crippen LogP contribution in [0.5, 0.6) is 0 Å². The topological polar surface area (TPSA) is 133 Å². The Labute approximate surface area is 165 Å². The number of carbonyl (C=O) groups excluding carboxylic acids is 1. The monoisotopic (exact) mass is 395 g/mol. The maximum Gasteiger partial charge on any atom is 0.277 e. The molecule has 10 nitrogen and oxygen atoms in total. The van der Waals surface area contributed by atoms with Crippen molar-refractivity contribution in [2.24, 2.45) is 0 Å². The van der Waals surface area contributed by atoms with Gasteiger partial charge in [-0.05, 0) is 26.0 Å². The van der Waals surface area contributed by atoms with Gasteiger partial charge in [-0.1, -0.05) is 18.2 Å². The summed E-state index contributed by atoms with van der Waals surface area (Å²) in [6.07, 6.45) is 0. The van der Waals surface area contributed by atoms with Crippen LogP contribution in [-0.2, 0) is 6.54 Å². The molecule has 2 aromatic carbocycles. The van der Waals surface area contributed by atoms with Gasteiger partial charge in [-0.15, -0.1) is 0 Å². The van der Waals surface area contributed by atoms with Crippen molar-refractivity contribution in [3.05, 3.63) is 91.3 Å². The SMILES string of the molecule is Cc1nn(-c2ccccc2)c(C)c1CNC(=O)c1cc([N+](=O)[O-])cc([N+](=O)[O-])c1. The minimum atomic E-state index is -0.776. The Balaban J connectivity index is 1.84. The largest absolute Gasteiger partial charge is 0.348 e. The van der Waals surface area contributed by atoms with Crippen molar-refractivity contribution in [1.29, 1.82) is 0 Å². The van der Waals surface area contributed by atoms with Crippen molar-refractivity contribution < 1.29 is 14.6 Å². The van der Waals surface area contributed by atoms with E-state index >= 15 is 0 Å². The van der Waals surface area contributed by atoms with Crippen molar-refractivity contribution in [1.82, 2.24) is 15.1 Å². The number of carbonyl (C=O) groups is 1. The lowest BCUT2D eigenvalue weighted by Gasteiger charge is -2.07. The molecule has 0 spiro atoms. The van der Waals surface area contributed by atoms with Crippen molar-refractivity contribution in [3.8, 4) is 5.69 Å². The van der Waals surface area contributed by atoms with Gasteiger partial charge in [0.05, 0.1) is 32.9 Å². The molecule has 3 aromatic rings. The maximum atomic E-state index is 12.5. The Bertz CT molecular complexity index is 1080. The molecule has 0 unspecified atom stereocenters. The van der Waals surface area contributed by atoms with Crippen LogP contribution in [0.3, 0.4) is 0 Å². The van der Waals surface area contributed by atoms with E-state index in [1.165, 1.54) is 0 Å². The molecule has 0 aliphatic carbocycles. The number of para-hydroxylation sites is 1. The minimum absolute atomic E-state index is 0.125. The summed E-state index contributed by atoms with van der Waals surface area (Å²) in [7, 11) is 0. The number of non-ortho nitro benzene ring substituents is 2. The predicted molar refractivity (Wildman–Crippen MR) is 104 cm³/mol. The number of hydrogen-bond acceptors (Lipinski definition) is 6. The van der Waals surface area contributed by atoms with E-state index in [0.29, 0.717) is 0 Å². The van der Waals surface area contributed by atoms with Crippen LogP contribution in [-0.4, -0.2) is 25.5 Å². The fourth-order valence-electron chi connectivity index (χ4n) is 2.96. The number of aromatic nitrogens is 2. The molecular formula is C19H17N5O5. The number of aryl methyl sites for hydroxylation is 1. The second-order valence-electron chi connectivity index (χ2n) is 6.33. The van der Waals surface area contributed by atoms with E-state index in [1.54, 1.807) is 4.68 Å². The first kappa shape index (κ1) is 19.7. The minimum Gasteiger partial charge on any atom is -0.348 e. The highest BCUT2D eigenvalue weighted by Crippen LogP contribution is 2.23. The van der Waals surface area contributed by atoms with Crippen LogP contribution < -0.4 is 5.32 Å². The van der Waals surface area contributed by atoms with Gasteiger partial charge in [0.25, 0.3) is 17.3 Å². The summed E-state index contributed by atoms with van der Waals surface area (Å²) >= 11 is 0. The second kappa shape index (κ2) is 7.89. The van der Waals surface area contributed by atoms with Crippen LogP contribution in [0.25, 0.3) is 5.69 Å². The third-order valence-corrected chi connectivity index (χ3v) is 4.45. The maximum absolute atomic E-state index is 12.5. The van der Waals surface area contributed by atoms with Crippen molar-refractivity contribution in [2.45, 2.75) is 20.4 Å². The molecule has 0 bridgehead atoms. The summed E-state index contributed by atoms with van der Waals surface area (Å²) in [6.45, 7) is 3.80. The molecule has 1 aromatic heterocycles. The molecule has 0 radical (unpaired) electrons. The zero-order chi connectivity index (χ0) is 21.1. The average Bonchev–Trinajstić information content (AvgIpc) is 3.00. The summed E-state index contributed by atoms with van der Waals surface area (Å²) < 4.78 is 1.76. The molecular weight excluding hydrogens is 378 g/mol. The Morgan fingerprint density at radius 1 is 1.03 bits per heavy atom. The highest BCUT2D eigenvalue weighted by molar-refractivity contribution is 5.95. The summed E-state index contributed by atoms with van der Waals surface area (Å²) in [5.41, 5.74) is 2.02. The quantitative estimate of drug-likeness (QED) is 0.503. The third-order valence-electron chi connectivity index (χ3n) is 4.45. The Kier molecular flexibility index (Phi) is 5.35. The van der Waals surface area contributed by atoms with Gasteiger partial charge in [-0.25, -0.2) is 4.68 Å². The van der Waals surface area contributed by atoms with Gasteiger partial charge >= 0.3 is 0 Å². The molecule has 1 amide bonds. The van der Waals surface area contributed by atoms with E-state index in [0.717, 1.165) is 40.8 Å². The fraction of sp³-hybridized carbons (Fsp3) is 0.158. The molecule has 0 saturated heterocycles. The Morgan fingerprint density at radius 3 is 2.17 bits per heavy atom. The van der Waals surface area contributed by atoms with E-state index in [1.807, 2.05) is 44.2 Å². The van der Waals surface area contributed by atoms with E-state index < -0.39 is 27.1 Å². The van der Waals surface area contributed by atoms with E-state index in [9.17, 15) is 25.0 Å². The molecule has 29 heavy (non-hydrogen) atoms. The van der Waals surface area contributed by atoms with Gasteiger partial charge in [-0.2, -0.15) is 5.10 Å². The van der Waals surface area contributed by atoms with Crippen LogP contribution in [0.1, 0.15) is 27.3 Å². The van der Waals surface area contributed by atoms with Crippen LogP contribution in [0.15, 0.2) is 48.5 Å². The van der Waals surface area contributed by atoms with Gasteiger partial charge < -0.3 is 5.32 Å². The lowest BCUT2D eigenvalue weighted by molar-refractivity contribution is -0.394. The summed E-state index contributed by atoms with van der Waals surface area (Å²) in [5.74, 6) is -0.650. The molecule has 1 N–H and O–H groups in total. The average molecular weight is 395 g/mol. The fourth-order valence-corrected chi connectivity index (χ4v) is 2.96. The summed E-state index contributed by atoms with van der Waals surface area (Å²) in [5, 5.41) is 29.1. The number of nitro benzene ring substituents is 2. The zero-order valence-electron chi connectivity index (χ0n) is 15.7. The third kappa shape index (κ3) is 4.10. The molecule has 0 aliphatic rings. The Morgan fingerprint density at radius 2 is 1.62 bits per heavy atom. The van der Waals surface area contributed by atoms with E-state index in [4.69, 9.17) is 0 Å². The van der Waals surface area contributed by atoms with E-state index in [-0.39, 0.29) is 12.1 Å². The van der Waals surface area contributed by atoms with Gasteiger partial charge in [0.15, 0.2) is 0 Å². The predicted octanol–water partition coefficient (Wildman–Crippen LogP) is 3.24. The number of nitrogens with one attached hydrogen (secondary N) is 1. The van der Waals surface area contributed by atoms with Gasteiger partial charge in [0.1, 0.15) is 0 Å².